The predicted octanol–water partition coefficient (Wildman–Crippen LogP) is 5.60. The molecule has 42 heavy (non-hydrogen) atoms. The number of carboxylic acids is 1. The van der Waals surface area contributed by atoms with E-state index in [-0.39, 0.29) is 18.1 Å². The first-order valence-electron chi connectivity index (χ1n) is 16.1. The number of nitrogens with zero attached hydrogens (tertiary/aromatic N) is 2. The molecule has 2 fully saturated rings. The summed E-state index contributed by atoms with van der Waals surface area (Å²) >= 11 is 0. The minimum Gasteiger partial charge on any atom is -0.480 e. The summed E-state index contributed by atoms with van der Waals surface area (Å²) in [6.07, 6.45) is 10.1. The van der Waals surface area contributed by atoms with Crippen molar-refractivity contribution in [2.45, 2.75) is 101 Å². The van der Waals surface area contributed by atoms with Gasteiger partial charge in [-0.3, -0.25) is 9.69 Å². The Morgan fingerprint density at radius 1 is 1.24 bits per heavy atom. The first-order chi connectivity index (χ1) is 20.4. The molecule has 8 nitrogen and oxygen atoms in total. The number of hydrogen-bond acceptors (Lipinski definition) is 7. The maximum atomic E-state index is 12.8. The number of ether oxygens (including phenoxy) is 3. The normalized spacial score (nSPS) is 27.8. The molecule has 1 saturated heterocycles. The zero-order chi connectivity index (χ0) is 29.1. The Labute approximate surface area is 250 Å². The Kier molecular flexibility index (Phi) is 9.15. The molecule has 1 aromatic carbocycles. The van der Waals surface area contributed by atoms with Gasteiger partial charge >= 0.3 is 5.97 Å². The molecule has 2 aromatic rings. The molecule has 1 saturated carbocycles. The number of hydrogen-bond donors (Lipinski definition) is 2. The maximum Gasteiger partial charge on any atom is 0.325 e. The molecule has 1 aromatic heterocycles. The number of rotatable bonds is 10. The third-order valence-corrected chi connectivity index (χ3v) is 9.94. The number of aliphatic carboxylic acids is 1. The van der Waals surface area contributed by atoms with Gasteiger partial charge < -0.3 is 24.6 Å². The molecule has 1 aliphatic carbocycles. The number of fused-ring (bicyclic) bond motifs is 3. The highest BCUT2D eigenvalue weighted by molar-refractivity contribution is 5.76. The van der Waals surface area contributed by atoms with Gasteiger partial charge in [0.2, 0.25) is 0 Å². The van der Waals surface area contributed by atoms with Crippen molar-refractivity contribution >= 4 is 11.8 Å². The molecule has 6 rings (SSSR count). The number of nitrogens with one attached hydrogen (secondary N) is 1. The molecule has 2 N–H and O–H groups in total. The topological polar surface area (TPSA) is 93.2 Å². The standard InChI is InChI=1S/C34H47N3O5/c1-23-21-42-34(16-7-18-40-22-34)29-11-5-10-28(30(23)29)31(33(38)39)37(2)26-14-15-27(20-26)41-19-4-3-9-25-13-12-24-8-6-17-35-32(24)36-25/h5,10-13,23,26-27,31H,3-4,6-9,14-22H2,1-2H3,(H,35,36)(H,38,39)/t23-,26+,27+,31+,34+/m1/s1. The number of anilines is 1. The van der Waals surface area contributed by atoms with Gasteiger partial charge in [-0.25, -0.2) is 4.98 Å². The van der Waals surface area contributed by atoms with Crippen LogP contribution in [0.4, 0.5) is 5.82 Å². The Balaban J connectivity index is 1.05. The van der Waals surface area contributed by atoms with Crippen molar-refractivity contribution in [1.29, 1.82) is 0 Å². The summed E-state index contributed by atoms with van der Waals surface area (Å²) in [5.74, 6) is 0.400. The summed E-state index contributed by atoms with van der Waals surface area (Å²) in [5, 5.41) is 14.0. The Morgan fingerprint density at radius 2 is 2.14 bits per heavy atom. The first-order valence-corrected chi connectivity index (χ1v) is 16.1. The lowest BCUT2D eigenvalue weighted by Crippen LogP contribution is -2.45. The highest BCUT2D eigenvalue weighted by Gasteiger charge is 2.45. The van der Waals surface area contributed by atoms with Crippen LogP contribution in [-0.4, -0.2) is 73.1 Å². The van der Waals surface area contributed by atoms with Crippen molar-refractivity contribution in [3.8, 4) is 0 Å². The van der Waals surface area contributed by atoms with Crippen molar-refractivity contribution in [1.82, 2.24) is 9.88 Å². The second kappa shape index (κ2) is 13.0. The van der Waals surface area contributed by atoms with E-state index in [1.165, 1.54) is 12.0 Å². The van der Waals surface area contributed by atoms with E-state index < -0.39 is 17.6 Å². The van der Waals surface area contributed by atoms with E-state index in [9.17, 15) is 9.90 Å². The molecule has 1 spiro atoms. The summed E-state index contributed by atoms with van der Waals surface area (Å²) in [6, 6.07) is 10.0. The molecule has 0 radical (unpaired) electrons. The molecule has 3 aliphatic heterocycles. The zero-order valence-corrected chi connectivity index (χ0v) is 25.3. The average Bonchev–Trinajstić information content (AvgIpc) is 3.48. The van der Waals surface area contributed by atoms with Crippen LogP contribution >= 0.6 is 0 Å². The zero-order valence-electron chi connectivity index (χ0n) is 25.3. The predicted molar refractivity (Wildman–Crippen MR) is 162 cm³/mol. The summed E-state index contributed by atoms with van der Waals surface area (Å²) < 4.78 is 18.6. The molecule has 5 atom stereocenters. The number of aryl methyl sites for hydroxylation is 2. The van der Waals surface area contributed by atoms with Crippen LogP contribution in [-0.2, 0) is 37.4 Å². The van der Waals surface area contributed by atoms with Crippen LogP contribution < -0.4 is 5.32 Å². The van der Waals surface area contributed by atoms with Gasteiger partial charge in [-0.15, -0.1) is 0 Å². The van der Waals surface area contributed by atoms with Crippen molar-refractivity contribution < 1.29 is 24.1 Å². The third kappa shape index (κ3) is 6.09. The SMILES string of the molecule is C[C@@H]1CO[C@]2(CCCOC2)c2cccc([C@@H](C(=O)O)N(C)[C@H]3CC[C@H](OCCCCc4ccc5c(n4)NCCC5)C3)c21. The minimum absolute atomic E-state index is 0.131. The number of carboxylic acid groups (broad SMARTS) is 1. The quantitative estimate of drug-likeness (QED) is 0.353. The molecule has 4 aliphatic rings. The smallest absolute Gasteiger partial charge is 0.325 e. The van der Waals surface area contributed by atoms with E-state index in [4.69, 9.17) is 19.2 Å². The van der Waals surface area contributed by atoms with E-state index in [2.05, 4.69) is 35.3 Å². The number of likely N-dealkylation sites (N-methyl/N-ethyl adjacent to an activating group) is 1. The van der Waals surface area contributed by atoms with Gasteiger partial charge in [0.05, 0.1) is 19.3 Å². The molecule has 0 amide bonds. The summed E-state index contributed by atoms with van der Waals surface area (Å²) in [4.78, 5) is 19.7. The van der Waals surface area contributed by atoms with E-state index >= 15 is 0 Å². The third-order valence-electron chi connectivity index (χ3n) is 9.94. The van der Waals surface area contributed by atoms with Crippen LogP contribution in [0, 0.1) is 0 Å². The van der Waals surface area contributed by atoms with Crippen molar-refractivity contribution in [3.05, 3.63) is 58.3 Å². The molecule has 0 unspecified atom stereocenters. The molecule has 8 heteroatoms. The number of pyridine rings is 1. The van der Waals surface area contributed by atoms with Gasteiger partial charge in [0.1, 0.15) is 17.5 Å². The lowest BCUT2D eigenvalue weighted by Gasteiger charge is -2.45. The Hall–Kier alpha value is -2.52. The van der Waals surface area contributed by atoms with Crippen LogP contribution in [0.1, 0.15) is 98.2 Å². The molecule has 0 bridgehead atoms. The largest absolute Gasteiger partial charge is 0.480 e. The van der Waals surface area contributed by atoms with Crippen molar-refractivity contribution in [2.24, 2.45) is 0 Å². The van der Waals surface area contributed by atoms with Crippen LogP contribution in [0.2, 0.25) is 0 Å². The molecule has 4 heterocycles. The minimum atomic E-state index is -0.797. The Bertz CT molecular complexity index is 1250. The van der Waals surface area contributed by atoms with Crippen LogP contribution in [0.5, 0.6) is 0 Å². The number of aromatic nitrogens is 1. The van der Waals surface area contributed by atoms with Crippen molar-refractivity contribution in [3.63, 3.8) is 0 Å². The first kappa shape index (κ1) is 29.5. The van der Waals surface area contributed by atoms with Crippen molar-refractivity contribution in [2.75, 3.05) is 45.3 Å². The van der Waals surface area contributed by atoms with Crippen LogP contribution in [0.25, 0.3) is 0 Å². The summed E-state index contributed by atoms with van der Waals surface area (Å²) in [6.45, 7) is 5.77. The molecule has 228 valence electrons. The van der Waals surface area contributed by atoms with Gasteiger partial charge in [0.25, 0.3) is 0 Å². The number of carbonyl (C=O) groups is 1. The van der Waals surface area contributed by atoms with E-state index in [1.54, 1.807) is 0 Å². The summed E-state index contributed by atoms with van der Waals surface area (Å²) in [7, 11) is 1.98. The van der Waals surface area contributed by atoms with Gasteiger partial charge in [-0.05, 0) is 99.6 Å². The van der Waals surface area contributed by atoms with Gasteiger partial charge in [0.15, 0.2) is 0 Å². The van der Waals surface area contributed by atoms with Gasteiger partial charge in [-0.1, -0.05) is 31.2 Å². The fourth-order valence-electron chi connectivity index (χ4n) is 7.65. The second-order valence-electron chi connectivity index (χ2n) is 12.8. The van der Waals surface area contributed by atoms with E-state index in [0.717, 1.165) is 106 Å². The fourth-order valence-corrected chi connectivity index (χ4v) is 7.65. The van der Waals surface area contributed by atoms with Crippen LogP contribution in [0.15, 0.2) is 30.3 Å². The van der Waals surface area contributed by atoms with Gasteiger partial charge in [0, 0.05) is 37.4 Å². The van der Waals surface area contributed by atoms with Crippen LogP contribution in [0.3, 0.4) is 0 Å². The lowest BCUT2D eigenvalue weighted by atomic mass is 9.76. The highest BCUT2D eigenvalue weighted by Crippen LogP contribution is 2.46. The number of unbranched alkanes of at least 4 members (excludes halogenated alkanes) is 1. The Morgan fingerprint density at radius 3 is 2.98 bits per heavy atom. The highest BCUT2D eigenvalue weighted by atomic mass is 16.5. The molecular weight excluding hydrogens is 530 g/mol. The average molecular weight is 578 g/mol. The summed E-state index contributed by atoms with van der Waals surface area (Å²) in [5.41, 5.74) is 5.18. The maximum absolute atomic E-state index is 12.8. The van der Waals surface area contributed by atoms with E-state index in [1.807, 2.05) is 19.2 Å². The lowest BCUT2D eigenvalue weighted by molar-refractivity contribution is -0.147. The van der Waals surface area contributed by atoms with Gasteiger partial charge in [-0.2, -0.15) is 0 Å². The molecular formula is C34H47N3O5. The number of benzene rings is 1. The van der Waals surface area contributed by atoms with E-state index in [0.29, 0.717) is 13.2 Å². The monoisotopic (exact) mass is 577 g/mol. The fraction of sp³-hybridized carbons (Fsp3) is 0.647. The second-order valence-corrected chi connectivity index (χ2v) is 12.8.